The van der Waals surface area contributed by atoms with Gasteiger partial charge in [-0.15, -0.1) is 0 Å². The lowest BCUT2D eigenvalue weighted by atomic mass is 9.89. The molecule has 0 aromatic rings. The van der Waals surface area contributed by atoms with E-state index < -0.39 is 11.6 Å². The van der Waals surface area contributed by atoms with Crippen LogP contribution in [0.4, 0.5) is 13.2 Å². The van der Waals surface area contributed by atoms with E-state index in [4.69, 9.17) is 4.74 Å². The molecule has 0 aliphatic heterocycles. The second-order valence-electron chi connectivity index (χ2n) is 5.37. The Morgan fingerprint density at radius 1 is 1.30 bits per heavy atom. The first kappa shape index (κ1) is 18.1. The van der Waals surface area contributed by atoms with E-state index >= 15 is 0 Å². The van der Waals surface area contributed by atoms with Crippen molar-refractivity contribution < 1.29 is 23.0 Å². The average molecular weight is 315 g/mol. The van der Waals surface area contributed by atoms with Gasteiger partial charge in [0.1, 0.15) is 0 Å². The molecular weight excluding hydrogens is 291 g/mol. The van der Waals surface area contributed by atoms with Crippen molar-refractivity contribution in [3.05, 3.63) is 0 Å². The quantitative estimate of drug-likeness (QED) is 0.676. The van der Waals surface area contributed by atoms with Gasteiger partial charge in [-0.25, -0.2) is 0 Å². The lowest BCUT2D eigenvalue weighted by molar-refractivity contribution is -0.0328. The average Bonchev–Trinajstić information content (AvgIpc) is 2.36. The number of alkyl halides is 3. The van der Waals surface area contributed by atoms with Crippen LogP contribution in [0.15, 0.2) is 0 Å². The van der Waals surface area contributed by atoms with Crippen LogP contribution in [-0.2, 0) is 4.74 Å². The van der Waals surface area contributed by atoms with Crippen molar-refractivity contribution in [2.75, 3.05) is 25.4 Å². The minimum atomic E-state index is -4.18. The molecule has 1 unspecified atom stereocenters. The number of thioether (sulfide) groups is 1. The summed E-state index contributed by atoms with van der Waals surface area (Å²) in [6.07, 6.45) is 3.95. The van der Waals surface area contributed by atoms with Gasteiger partial charge in [-0.2, -0.15) is 13.2 Å². The Morgan fingerprint density at radius 3 is 2.55 bits per heavy atom. The lowest BCUT2D eigenvalue weighted by Crippen LogP contribution is -2.34. The van der Waals surface area contributed by atoms with Gasteiger partial charge < -0.3 is 15.2 Å². The van der Waals surface area contributed by atoms with Crippen LogP contribution >= 0.6 is 11.8 Å². The number of hydrogen-bond donors (Lipinski definition) is 2. The van der Waals surface area contributed by atoms with E-state index in [-0.39, 0.29) is 43.3 Å². The molecule has 0 radical (unpaired) electrons. The molecule has 0 bridgehead atoms. The maximum Gasteiger partial charge on any atom is 0.441 e. The van der Waals surface area contributed by atoms with E-state index in [0.717, 1.165) is 31.6 Å². The molecule has 1 fully saturated rings. The maximum atomic E-state index is 11.9. The molecule has 3 nitrogen and oxygen atoms in total. The standard InChI is InChI=1S/C13H24F3NO2S/c1-10-2-4-12(5-3-10)19-9-11(18)8-17-6-7-20-13(14,15)16/h10-12,17-18H,2-9H2,1H3. The summed E-state index contributed by atoms with van der Waals surface area (Å²) >= 11 is -0.0539. The van der Waals surface area contributed by atoms with Crippen molar-refractivity contribution in [2.45, 2.75) is 50.3 Å². The van der Waals surface area contributed by atoms with Crippen LogP contribution in [0.5, 0.6) is 0 Å². The number of aliphatic hydroxyl groups is 1. The second-order valence-corrected chi connectivity index (χ2v) is 6.53. The maximum absolute atomic E-state index is 11.9. The van der Waals surface area contributed by atoms with Crippen LogP contribution in [0.3, 0.4) is 0 Å². The summed E-state index contributed by atoms with van der Waals surface area (Å²) in [5.74, 6) is 0.713. The van der Waals surface area contributed by atoms with Crippen molar-refractivity contribution in [3.63, 3.8) is 0 Å². The molecule has 0 amide bonds. The minimum Gasteiger partial charge on any atom is -0.389 e. The molecule has 1 atom stereocenters. The fourth-order valence-corrected chi connectivity index (χ4v) is 2.69. The van der Waals surface area contributed by atoms with Gasteiger partial charge in [-0.3, -0.25) is 0 Å². The Bertz CT molecular complexity index is 258. The lowest BCUT2D eigenvalue weighted by Gasteiger charge is -2.27. The normalized spacial score (nSPS) is 25.6. The Balaban J connectivity index is 1.96. The highest BCUT2D eigenvalue weighted by Gasteiger charge is 2.27. The van der Waals surface area contributed by atoms with Gasteiger partial charge in [-0.05, 0) is 43.4 Å². The molecule has 1 saturated carbocycles. The van der Waals surface area contributed by atoms with Crippen molar-refractivity contribution in [1.29, 1.82) is 0 Å². The van der Waals surface area contributed by atoms with Crippen molar-refractivity contribution in [2.24, 2.45) is 5.92 Å². The third-order valence-electron chi connectivity index (χ3n) is 3.41. The van der Waals surface area contributed by atoms with Gasteiger partial charge in [-0.1, -0.05) is 6.92 Å². The zero-order chi connectivity index (χ0) is 15.0. The first-order valence-electron chi connectivity index (χ1n) is 7.08. The van der Waals surface area contributed by atoms with Crippen molar-refractivity contribution in [1.82, 2.24) is 5.32 Å². The molecule has 7 heteroatoms. The van der Waals surface area contributed by atoms with E-state index in [9.17, 15) is 18.3 Å². The summed E-state index contributed by atoms with van der Waals surface area (Å²) in [5, 5.41) is 12.5. The van der Waals surface area contributed by atoms with Crippen molar-refractivity contribution in [3.8, 4) is 0 Å². The molecule has 1 aliphatic rings. The van der Waals surface area contributed by atoms with Crippen molar-refractivity contribution >= 4 is 11.8 Å². The van der Waals surface area contributed by atoms with E-state index in [2.05, 4.69) is 12.2 Å². The Morgan fingerprint density at radius 2 is 1.95 bits per heavy atom. The van der Waals surface area contributed by atoms with Crippen LogP contribution in [0.2, 0.25) is 0 Å². The molecule has 0 heterocycles. The third-order valence-corrected chi connectivity index (χ3v) is 4.15. The highest BCUT2D eigenvalue weighted by molar-refractivity contribution is 8.00. The van der Waals surface area contributed by atoms with Crippen LogP contribution in [0.25, 0.3) is 0 Å². The molecular formula is C13H24F3NO2S. The van der Waals surface area contributed by atoms with E-state index in [1.807, 2.05) is 0 Å². The smallest absolute Gasteiger partial charge is 0.389 e. The van der Waals surface area contributed by atoms with Crippen LogP contribution in [0.1, 0.15) is 32.6 Å². The summed E-state index contributed by atoms with van der Waals surface area (Å²) in [5.41, 5.74) is -4.18. The molecule has 1 aliphatic carbocycles. The molecule has 0 aromatic carbocycles. The summed E-state index contributed by atoms with van der Waals surface area (Å²) < 4.78 is 41.2. The predicted molar refractivity (Wildman–Crippen MR) is 74.8 cm³/mol. The fraction of sp³-hybridized carbons (Fsp3) is 1.00. The van der Waals surface area contributed by atoms with E-state index in [1.54, 1.807) is 0 Å². The van der Waals surface area contributed by atoms with Gasteiger partial charge in [0.05, 0.1) is 18.8 Å². The molecule has 1 rings (SSSR count). The first-order chi connectivity index (χ1) is 9.37. The molecule has 20 heavy (non-hydrogen) atoms. The predicted octanol–water partition coefficient (Wildman–Crippen LogP) is 2.79. The largest absolute Gasteiger partial charge is 0.441 e. The zero-order valence-corrected chi connectivity index (χ0v) is 12.6. The molecule has 0 aromatic heterocycles. The van der Waals surface area contributed by atoms with Gasteiger partial charge >= 0.3 is 5.51 Å². The minimum absolute atomic E-state index is 0.0441. The number of aliphatic hydroxyl groups excluding tert-OH is 1. The topological polar surface area (TPSA) is 41.5 Å². The Kier molecular flexibility index (Phi) is 8.24. The Hall–Kier alpha value is 0.0200. The molecule has 2 N–H and O–H groups in total. The van der Waals surface area contributed by atoms with Crippen LogP contribution < -0.4 is 5.32 Å². The zero-order valence-electron chi connectivity index (χ0n) is 11.8. The number of rotatable bonds is 8. The van der Waals surface area contributed by atoms with Gasteiger partial charge in [0.2, 0.25) is 0 Å². The summed E-state index contributed by atoms with van der Waals surface area (Å²) in [6, 6.07) is 0. The highest BCUT2D eigenvalue weighted by atomic mass is 32.2. The monoisotopic (exact) mass is 315 g/mol. The first-order valence-corrected chi connectivity index (χ1v) is 8.06. The van der Waals surface area contributed by atoms with E-state index in [0.29, 0.717) is 0 Å². The van der Waals surface area contributed by atoms with E-state index in [1.165, 1.54) is 0 Å². The second kappa shape index (κ2) is 9.12. The summed E-state index contributed by atoms with van der Waals surface area (Å²) in [6.45, 7) is 2.97. The van der Waals surface area contributed by atoms with Crippen LogP contribution in [0, 0.1) is 5.92 Å². The van der Waals surface area contributed by atoms with Crippen LogP contribution in [-0.4, -0.2) is 48.3 Å². The molecule has 120 valence electrons. The fourth-order valence-electron chi connectivity index (χ4n) is 2.21. The van der Waals surface area contributed by atoms with Gasteiger partial charge in [0, 0.05) is 18.8 Å². The number of ether oxygens (including phenoxy) is 1. The molecule has 0 saturated heterocycles. The molecule has 0 spiro atoms. The number of nitrogens with one attached hydrogen (secondary N) is 1. The SMILES string of the molecule is CC1CCC(OCC(O)CNCCSC(F)(F)F)CC1. The van der Waals surface area contributed by atoms with Gasteiger partial charge in [0.15, 0.2) is 0 Å². The highest BCUT2D eigenvalue weighted by Crippen LogP contribution is 2.29. The number of hydrogen-bond acceptors (Lipinski definition) is 4. The Labute approximate surface area is 122 Å². The third kappa shape index (κ3) is 9.05. The summed E-state index contributed by atoms with van der Waals surface area (Å²) in [7, 11) is 0. The summed E-state index contributed by atoms with van der Waals surface area (Å²) in [4.78, 5) is 0. The van der Waals surface area contributed by atoms with Gasteiger partial charge in [0.25, 0.3) is 0 Å². The number of halogens is 3.